The molecule has 0 amide bonds. The first-order valence-electron chi connectivity index (χ1n) is 8.75. The highest BCUT2D eigenvalue weighted by Gasteiger charge is 2.26. The van der Waals surface area contributed by atoms with Crippen LogP contribution in [0.1, 0.15) is 44.6 Å². The van der Waals surface area contributed by atoms with Crippen LogP contribution in [-0.4, -0.2) is 32.3 Å². The number of aliphatic hydroxyl groups excluding tert-OH is 1. The summed E-state index contributed by atoms with van der Waals surface area (Å²) in [4.78, 5) is 30.5. The average molecular weight is 385 g/mol. The summed E-state index contributed by atoms with van der Waals surface area (Å²) < 4.78 is 0. The van der Waals surface area contributed by atoms with E-state index in [-0.39, 0.29) is 23.5 Å². The fourth-order valence-corrected chi connectivity index (χ4v) is 4.97. The third kappa shape index (κ3) is 3.16. The molecular formula is C19H19N3O4S. The molecule has 0 spiro atoms. The van der Waals surface area contributed by atoms with Crippen molar-refractivity contribution in [1.29, 1.82) is 0 Å². The van der Waals surface area contributed by atoms with Crippen molar-refractivity contribution in [2.75, 3.05) is 0 Å². The lowest BCUT2D eigenvalue weighted by molar-refractivity contribution is 0.0683. The summed E-state index contributed by atoms with van der Waals surface area (Å²) in [6.45, 7) is 0. The Hall–Kier alpha value is -2.55. The van der Waals surface area contributed by atoms with Gasteiger partial charge in [0.15, 0.2) is 0 Å². The van der Waals surface area contributed by atoms with Gasteiger partial charge in [0.05, 0.1) is 17.5 Å². The van der Waals surface area contributed by atoms with E-state index in [9.17, 15) is 14.7 Å². The van der Waals surface area contributed by atoms with E-state index in [1.165, 1.54) is 21.8 Å². The maximum atomic E-state index is 11.8. The molecule has 8 heteroatoms. The number of nitrogens with one attached hydrogen (secondary N) is 1. The van der Waals surface area contributed by atoms with Crippen LogP contribution in [0.15, 0.2) is 29.1 Å². The van der Waals surface area contributed by atoms with Gasteiger partial charge in [-0.05, 0) is 36.0 Å². The minimum atomic E-state index is -1.20. The van der Waals surface area contributed by atoms with Crippen LogP contribution in [0.5, 0.6) is 0 Å². The molecule has 2 aliphatic carbocycles. The first kappa shape index (κ1) is 17.8. The van der Waals surface area contributed by atoms with Crippen molar-refractivity contribution in [3.8, 4) is 0 Å². The van der Waals surface area contributed by atoms with E-state index in [4.69, 9.17) is 10.8 Å². The van der Waals surface area contributed by atoms with E-state index in [0.29, 0.717) is 16.6 Å². The molecule has 2 aromatic heterocycles. The summed E-state index contributed by atoms with van der Waals surface area (Å²) in [7, 11) is 0. The minimum absolute atomic E-state index is 0.175. The van der Waals surface area contributed by atoms with E-state index in [2.05, 4.69) is 9.97 Å². The molecule has 2 atom stereocenters. The molecule has 0 radical (unpaired) electrons. The van der Waals surface area contributed by atoms with Gasteiger partial charge in [-0.2, -0.15) is 0 Å². The van der Waals surface area contributed by atoms with Gasteiger partial charge < -0.3 is 20.9 Å². The molecule has 2 aliphatic rings. The first-order chi connectivity index (χ1) is 13.0. The number of aliphatic hydroxyl groups is 1. The predicted octanol–water partition coefficient (Wildman–Crippen LogP) is 1.77. The van der Waals surface area contributed by atoms with Crippen molar-refractivity contribution in [3.63, 3.8) is 0 Å². The molecule has 1 aromatic carbocycles. The number of thiophene rings is 1. The van der Waals surface area contributed by atoms with Crippen molar-refractivity contribution >= 4 is 27.5 Å². The summed E-state index contributed by atoms with van der Waals surface area (Å²) in [5.74, 6) is -1.48. The lowest BCUT2D eigenvalue weighted by atomic mass is 10.1. The molecule has 2 heterocycles. The number of aryl methyl sites for hydroxylation is 2. The summed E-state index contributed by atoms with van der Waals surface area (Å²) in [6.07, 6.45) is 3.26. The van der Waals surface area contributed by atoms with Crippen LogP contribution in [0.25, 0.3) is 10.2 Å². The Morgan fingerprint density at radius 3 is 2.81 bits per heavy atom. The largest absolute Gasteiger partial charge is 0.475 e. The topological polar surface area (TPSA) is 129 Å². The number of benzene rings is 1. The molecule has 140 valence electrons. The number of aromatic nitrogens is 2. The van der Waals surface area contributed by atoms with Gasteiger partial charge in [-0.3, -0.25) is 4.79 Å². The number of carboxylic acid groups (broad SMARTS) is 1. The van der Waals surface area contributed by atoms with Crippen molar-refractivity contribution in [1.82, 2.24) is 9.97 Å². The van der Waals surface area contributed by atoms with E-state index >= 15 is 0 Å². The lowest BCUT2D eigenvalue weighted by Gasteiger charge is -2.07. The number of fused-ring (bicyclic) bond motifs is 4. The molecule has 0 bridgehead atoms. The first-order valence-corrected chi connectivity index (χ1v) is 9.56. The number of aromatic carboxylic acids is 1. The van der Waals surface area contributed by atoms with Crippen molar-refractivity contribution in [3.05, 3.63) is 62.0 Å². The Bertz CT molecular complexity index is 1090. The second-order valence-electron chi connectivity index (χ2n) is 6.75. The molecule has 27 heavy (non-hydrogen) atoms. The maximum absolute atomic E-state index is 11.8. The number of hydrogen-bond acceptors (Lipinski definition) is 6. The van der Waals surface area contributed by atoms with Gasteiger partial charge in [-0.25, -0.2) is 9.78 Å². The molecule has 3 aromatic rings. The fourth-order valence-electron chi connectivity index (χ4n) is 3.71. The van der Waals surface area contributed by atoms with Gasteiger partial charge in [0.25, 0.3) is 5.56 Å². The van der Waals surface area contributed by atoms with Crippen LogP contribution in [0, 0.1) is 0 Å². The second-order valence-corrected chi connectivity index (χ2v) is 7.84. The van der Waals surface area contributed by atoms with Crippen LogP contribution >= 0.6 is 11.3 Å². The van der Waals surface area contributed by atoms with Crippen LogP contribution < -0.4 is 11.3 Å². The number of rotatable bonds is 1. The van der Waals surface area contributed by atoms with Gasteiger partial charge in [-0.1, -0.05) is 24.3 Å². The van der Waals surface area contributed by atoms with E-state index in [1.54, 1.807) is 0 Å². The molecule has 5 N–H and O–H groups in total. The zero-order valence-corrected chi connectivity index (χ0v) is 15.3. The van der Waals surface area contributed by atoms with Gasteiger partial charge in [0.2, 0.25) is 5.82 Å². The normalized spacial score (nSPS) is 20.1. The minimum Gasteiger partial charge on any atom is -0.475 e. The number of carboxylic acids is 1. The maximum Gasteiger partial charge on any atom is 0.372 e. The number of nitrogens with two attached hydrogens (primary N) is 1. The Labute approximate surface area is 158 Å². The summed E-state index contributed by atoms with van der Waals surface area (Å²) in [5, 5.41) is 18.8. The molecule has 0 aliphatic heterocycles. The molecule has 0 unspecified atom stereocenters. The quantitative estimate of drug-likeness (QED) is 0.505. The molecule has 7 nitrogen and oxygen atoms in total. The van der Waals surface area contributed by atoms with Gasteiger partial charge in [0.1, 0.15) is 4.83 Å². The molecule has 0 saturated carbocycles. The third-order valence-corrected chi connectivity index (χ3v) is 6.22. The predicted molar refractivity (Wildman–Crippen MR) is 102 cm³/mol. The standard InChI is InChI=1S/C10H8N2O3S.C9H11NO/c13-8-6-4-2-1-3-5(4)16-9(6)12-7(11-8)10(14)15;10-9-7-4-2-1-3-6(7)5-8(9)11/h1-3H2,(H,14,15)(H,11,12,13);1-4,8-9,11H,5,10H2/t;8-,9+/m.1/s1. The summed E-state index contributed by atoms with van der Waals surface area (Å²) >= 11 is 1.44. The number of hydrogen-bond donors (Lipinski definition) is 4. The Balaban J connectivity index is 0.000000143. The number of aromatic amines is 1. The molecule has 0 saturated heterocycles. The zero-order chi connectivity index (χ0) is 19.1. The van der Waals surface area contributed by atoms with E-state index in [1.807, 2.05) is 24.3 Å². The van der Waals surface area contributed by atoms with Crippen LogP contribution in [-0.2, 0) is 19.3 Å². The Kier molecular flexibility index (Phi) is 4.55. The SMILES string of the molecule is N[C@H]1c2ccccc2C[C@H]1O.O=C(O)c1nc2sc3c(c2c(=O)[nH]1)CCC3. The van der Waals surface area contributed by atoms with Crippen LogP contribution in [0.3, 0.4) is 0 Å². The van der Waals surface area contributed by atoms with E-state index in [0.717, 1.165) is 30.4 Å². The number of nitrogens with zero attached hydrogens (tertiary/aromatic N) is 1. The number of H-pyrrole nitrogens is 1. The van der Waals surface area contributed by atoms with Gasteiger partial charge in [0, 0.05) is 11.3 Å². The van der Waals surface area contributed by atoms with Gasteiger partial charge in [-0.15, -0.1) is 11.3 Å². The monoisotopic (exact) mass is 385 g/mol. The van der Waals surface area contributed by atoms with Crippen molar-refractivity contribution < 1.29 is 15.0 Å². The van der Waals surface area contributed by atoms with Crippen molar-refractivity contribution in [2.45, 2.75) is 37.8 Å². The fraction of sp³-hybridized carbons (Fsp3) is 0.316. The summed E-state index contributed by atoms with van der Waals surface area (Å²) in [6, 6.07) is 7.76. The van der Waals surface area contributed by atoms with Crippen LogP contribution in [0.2, 0.25) is 0 Å². The third-order valence-electron chi connectivity index (χ3n) is 5.04. The van der Waals surface area contributed by atoms with Gasteiger partial charge >= 0.3 is 5.97 Å². The highest BCUT2D eigenvalue weighted by Crippen LogP contribution is 2.34. The Morgan fingerprint density at radius 1 is 1.30 bits per heavy atom. The molecule has 5 rings (SSSR count). The average Bonchev–Trinajstić information content (AvgIpc) is 3.29. The van der Waals surface area contributed by atoms with E-state index < -0.39 is 5.97 Å². The highest BCUT2D eigenvalue weighted by molar-refractivity contribution is 7.18. The van der Waals surface area contributed by atoms with Crippen molar-refractivity contribution in [2.24, 2.45) is 5.73 Å². The second kappa shape index (κ2) is 6.88. The van der Waals surface area contributed by atoms with Crippen LogP contribution in [0.4, 0.5) is 0 Å². The Morgan fingerprint density at radius 2 is 2.07 bits per heavy atom. The number of carbonyl (C=O) groups is 1. The lowest BCUT2D eigenvalue weighted by Crippen LogP contribution is -2.21. The molecular weight excluding hydrogens is 366 g/mol. The summed E-state index contributed by atoms with van der Waals surface area (Å²) in [5.41, 5.74) is 8.75. The highest BCUT2D eigenvalue weighted by atomic mass is 32.1. The smallest absolute Gasteiger partial charge is 0.372 e. The zero-order valence-electron chi connectivity index (χ0n) is 14.4. The molecule has 0 fully saturated rings.